The van der Waals surface area contributed by atoms with E-state index in [1.165, 1.54) is 12.0 Å². The average Bonchev–Trinajstić information content (AvgIpc) is 3.11. The van der Waals surface area contributed by atoms with Gasteiger partial charge in [-0.05, 0) is 75.0 Å². The minimum atomic E-state index is -0.312. The predicted molar refractivity (Wildman–Crippen MR) is 124 cm³/mol. The number of nitrogens with one attached hydrogen (secondary N) is 2. The summed E-state index contributed by atoms with van der Waals surface area (Å²) in [5.74, 6) is 1.14. The number of thiocarbonyl (C=S) groups is 1. The highest BCUT2D eigenvalue weighted by Gasteiger charge is 2.26. The fraction of sp³-hybridized carbons (Fsp3) is 0.455. The van der Waals surface area contributed by atoms with E-state index in [4.69, 9.17) is 26.4 Å². The zero-order valence-corrected chi connectivity index (χ0v) is 19.3. The van der Waals surface area contributed by atoms with Crippen LogP contribution in [0.3, 0.4) is 0 Å². The maximum atomic E-state index is 12.4. The van der Waals surface area contributed by atoms with E-state index >= 15 is 0 Å². The van der Waals surface area contributed by atoms with Crippen molar-refractivity contribution in [3.8, 4) is 11.5 Å². The minimum Gasteiger partial charge on any atom is -0.490 e. The Morgan fingerprint density at radius 2 is 1.87 bits per heavy atom. The number of benzene rings is 1. The van der Waals surface area contributed by atoms with E-state index in [0.29, 0.717) is 30.4 Å². The quantitative estimate of drug-likeness (QED) is 0.448. The third-order valence-corrected chi connectivity index (χ3v) is 6.30. The van der Waals surface area contributed by atoms with Gasteiger partial charge in [-0.25, -0.2) is 4.79 Å². The molecule has 1 aliphatic rings. The summed E-state index contributed by atoms with van der Waals surface area (Å²) >= 11 is 7.08. The molecule has 2 aromatic rings. The Bertz CT molecular complexity index is 911. The van der Waals surface area contributed by atoms with Crippen molar-refractivity contribution in [2.45, 2.75) is 46.1 Å². The average molecular weight is 449 g/mol. The van der Waals surface area contributed by atoms with Crippen LogP contribution in [0.15, 0.2) is 18.2 Å². The van der Waals surface area contributed by atoms with Crippen molar-refractivity contribution in [1.29, 1.82) is 0 Å². The number of fused-ring (bicyclic) bond motifs is 1. The molecule has 0 saturated carbocycles. The number of hydrogen-bond donors (Lipinski definition) is 2. The number of ether oxygens (including phenoxy) is 3. The van der Waals surface area contributed by atoms with E-state index in [-0.39, 0.29) is 5.97 Å². The Labute approximate surface area is 186 Å². The normalized spacial score (nSPS) is 12.6. The molecule has 30 heavy (non-hydrogen) atoms. The van der Waals surface area contributed by atoms with Gasteiger partial charge >= 0.3 is 5.97 Å². The number of methoxy groups -OCH3 is 1. The van der Waals surface area contributed by atoms with Gasteiger partial charge in [-0.2, -0.15) is 0 Å². The van der Waals surface area contributed by atoms with E-state index in [1.54, 1.807) is 11.3 Å². The van der Waals surface area contributed by atoms with Crippen LogP contribution in [-0.4, -0.2) is 31.4 Å². The summed E-state index contributed by atoms with van der Waals surface area (Å²) in [5, 5.41) is 7.64. The second kappa shape index (κ2) is 10.6. The zero-order valence-electron chi connectivity index (χ0n) is 17.6. The molecule has 6 nitrogen and oxygen atoms in total. The molecule has 2 N–H and O–H groups in total. The minimum absolute atomic E-state index is 0.312. The summed E-state index contributed by atoms with van der Waals surface area (Å²) in [4.78, 5) is 13.6. The molecule has 0 aliphatic heterocycles. The predicted octanol–water partition coefficient (Wildman–Crippen LogP) is 4.70. The Kier molecular flexibility index (Phi) is 7.93. The molecule has 0 fully saturated rings. The van der Waals surface area contributed by atoms with Gasteiger partial charge in [0.2, 0.25) is 0 Å². The number of hydrogen-bond acceptors (Lipinski definition) is 6. The summed E-state index contributed by atoms with van der Waals surface area (Å²) in [6.07, 6.45) is 4.15. The number of rotatable bonds is 8. The third-order valence-electron chi connectivity index (χ3n) is 4.85. The lowest BCUT2D eigenvalue weighted by molar-refractivity contribution is 0.0601. The molecule has 3 rings (SSSR count). The van der Waals surface area contributed by atoms with Gasteiger partial charge < -0.3 is 24.8 Å². The van der Waals surface area contributed by atoms with Crippen molar-refractivity contribution in [2.24, 2.45) is 0 Å². The van der Waals surface area contributed by atoms with E-state index in [2.05, 4.69) is 10.6 Å². The van der Waals surface area contributed by atoms with Crippen molar-refractivity contribution in [2.75, 3.05) is 25.6 Å². The Hall–Kier alpha value is -2.32. The van der Waals surface area contributed by atoms with Gasteiger partial charge in [0.1, 0.15) is 5.00 Å². The Balaban J connectivity index is 1.69. The standard InChI is InChI=1S/C22H28N2O4S2/c1-4-27-16-11-10-14(12-17(16)28-5-2)13-23-22(29)24-20-19(21(25)26-3)15-8-6-7-9-18(15)30-20/h10-12H,4-9,13H2,1-3H3,(H2,23,24,29). The van der Waals surface area contributed by atoms with Crippen molar-refractivity contribution in [3.63, 3.8) is 0 Å². The molecule has 1 heterocycles. The molecule has 0 spiro atoms. The molecule has 1 aliphatic carbocycles. The van der Waals surface area contributed by atoms with Crippen molar-refractivity contribution >= 4 is 39.6 Å². The summed E-state index contributed by atoms with van der Waals surface area (Å²) in [6.45, 7) is 5.56. The highest BCUT2D eigenvalue weighted by molar-refractivity contribution is 7.80. The smallest absolute Gasteiger partial charge is 0.341 e. The molecule has 0 saturated heterocycles. The third kappa shape index (κ3) is 5.23. The number of carbonyl (C=O) groups is 1. The fourth-order valence-electron chi connectivity index (χ4n) is 3.51. The zero-order chi connectivity index (χ0) is 21.5. The van der Waals surface area contributed by atoms with Crippen molar-refractivity contribution < 1.29 is 19.0 Å². The summed E-state index contributed by atoms with van der Waals surface area (Å²) in [5.41, 5.74) is 2.75. The van der Waals surface area contributed by atoms with Gasteiger partial charge in [-0.3, -0.25) is 0 Å². The molecular formula is C22H28N2O4S2. The molecule has 162 valence electrons. The van der Waals surface area contributed by atoms with E-state index in [0.717, 1.165) is 53.3 Å². The second-order valence-electron chi connectivity index (χ2n) is 6.86. The van der Waals surface area contributed by atoms with Crippen LogP contribution in [0.25, 0.3) is 0 Å². The lowest BCUT2D eigenvalue weighted by Crippen LogP contribution is -2.28. The van der Waals surface area contributed by atoms with Crippen LogP contribution in [-0.2, 0) is 24.1 Å². The number of esters is 1. The first-order chi connectivity index (χ1) is 14.6. The van der Waals surface area contributed by atoms with Crippen LogP contribution >= 0.6 is 23.6 Å². The topological polar surface area (TPSA) is 68.8 Å². The van der Waals surface area contributed by atoms with Crippen molar-refractivity contribution in [3.05, 3.63) is 39.8 Å². The van der Waals surface area contributed by atoms with E-state index < -0.39 is 0 Å². The Morgan fingerprint density at radius 1 is 1.13 bits per heavy atom. The van der Waals surface area contributed by atoms with Gasteiger partial charge in [0.05, 0.1) is 25.9 Å². The van der Waals surface area contributed by atoms with Gasteiger partial charge in [0, 0.05) is 11.4 Å². The largest absolute Gasteiger partial charge is 0.490 e. The first-order valence-corrected chi connectivity index (χ1v) is 11.5. The molecule has 0 unspecified atom stereocenters. The maximum absolute atomic E-state index is 12.4. The number of anilines is 1. The molecule has 0 amide bonds. The molecular weight excluding hydrogens is 420 g/mol. The first kappa shape index (κ1) is 22.4. The fourth-order valence-corrected chi connectivity index (χ4v) is 5.03. The van der Waals surface area contributed by atoms with Crippen molar-refractivity contribution in [1.82, 2.24) is 5.32 Å². The molecule has 0 radical (unpaired) electrons. The van der Waals surface area contributed by atoms with Crippen LogP contribution in [0.2, 0.25) is 0 Å². The monoisotopic (exact) mass is 448 g/mol. The Morgan fingerprint density at radius 3 is 2.60 bits per heavy atom. The summed E-state index contributed by atoms with van der Waals surface area (Å²) < 4.78 is 16.3. The summed E-state index contributed by atoms with van der Waals surface area (Å²) in [7, 11) is 1.41. The van der Waals surface area contributed by atoms with Gasteiger partial charge in [0.25, 0.3) is 0 Å². The van der Waals surface area contributed by atoms with E-state index in [1.807, 2.05) is 32.0 Å². The molecule has 1 aromatic carbocycles. The van der Waals surface area contributed by atoms with Gasteiger partial charge in [-0.15, -0.1) is 11.3 Å². The van der Waals surface area contributed by atoms with Crippen LogP contribution in [0.1, 0.15) is 53.1 Å². The maximum Gasteiger partial charge on any atom is 0.341 e. The lowest BCUT2D eigenvalue weighted by atomic mass is 9.95. The number of thiophene rings is 1. The van der Waals surface area contributed by atoms with Gasteiger partial charge in [0.15, 0.2) is 16.6 Å². The second-order valence-corrected chi connectivity index (χ2v) is 8.37. The SMILES string of the molecule is CCOc1ccc(CNC(=S)Nc2sc3c(c2C(=O)OC)CCCC3)cc1OCC. The molecule has 0 atom stereocenters. The van der Waals surface area contributed by atoms with Crippen LogP contribution in [0.5, 0.6) is 11.5 Å². The van der Waals surface area contributed by atoms with Gasteiger partial charge in [-0.1, -0.05) is 6.07 Å². The lowest BCUT2D eigenvalue weighted by Gasteiger charge is -2.14. The highest BCUT2D eigenvalue weighted by Crippen LogP contribution is 2.38. The first-order valence-electron chi connectivity index (χ1n) is 10.2. The molecule has 8 heteroatoms. The number of aryl methyl sites for hydroxylation is 1. The van der Waals surface area contributed by atoms with Crippen LogP contribution in [0.4, 0.5) is 5.00 Å². The number of carbonyl (C=O) groups excluding carboxylic acids is 1. The van der Waals surface area contributed by atoms with Crippen LogP contribution in [0, 0.1) is 0 Å². The summed E-state index contributed by atoms with van der Waals surface area (Å²) in [6, 6.07) is 5.84. The molecule has 1 aromatic heterocycles. The van der Waals surface area contributed by atoms with Crippen LogP contribution < -0.4 is 20.1 Å². The van der Waals surface area contributed by atoms with E-state index in [9.17, 15) is 4.79 Å². The molecule has 0 bridgehead atoms. The highest BCUT2D eigenvalue weighted by atomic mass is 32.1.